The molecule has 0 atom stereocenters. The Morgan fingerprint density at radius 1 is 1.11 bits per heavy atom. The van der Waals surface area contributed by atoms with Crippen molar-refractivity contribution < 1.29 is 13.2 Å². The maximum Gasteiger partial charge on any atom is 0.265 e. The first-order chi connectivity index (χ1) is 8.99. The van der Waals surface area contributed by atoms with Gasteiger partial charge in [-0.1, -0.05) is 34.1 Å². The highest BCUT2D eigenvalue weighted by atomic mass is 79.9. The molecule has 1 N–H and O–H groups in total. The van der Waals surface area contributed by atoms with Crippen molar-refractivity contribution in [3.8, 4) is 0 Å². The highest BCUT2D eigenvalue weighted by molar-refractivity contribution is 9.10. The van der Waals surface area contributed by atoms with Gasteiger partial charge in [-0.05, 0) is 36.4 Å². The van der Waals surface area contributed by atoms with E-state index in [9.17, 15) is 13.2 Å². The van der Waals surface area contributed by atoms with Crippen LogP contribution < -0.4 is 4.72 Å². The van der Waals surface area contributed by atoms with Gasteiger partial charge in [0.15, 0.2) is 0 Å². The van der Waals surface area contributed by atoms with Gasteiger partial charge in [-0.15, -0.1) is 0 Å². The molecule has 6 heteroatoms. The number of hydrogen-bond acceptors (Lipinski definition) is 3. The maximum atomic E-state index is 12.0. The second-order valence-electron chi connectivity index (χ2n) is 3.66. The third kappa shape index (κ3) is 3.42. The zero-order valence-electron chi connectivity index (χ0n) is 9.63. The minimum Gasteiger partial charge on any atom is -0.268 e. The summed E-state index contributed by atoms with van der Waals surface area (Å²) in [5.41, 5.74) is 0.170. The third-order valence-corrected chi connectivity index (χ3v) is 4.18. The van der Waals surface area contributed by atoms with Crippen molar-refractivity contribution >= 4 is 31.9 Å². The molecule has 0 aliphatic carbocycles. The van der Waals surface area contributed by atoms with E-state index < -0.39 is 15.9 Å². The number of hydrogen-bond donors (Lipinski definition) is 1. The largest absolute Gasteiger partial charge is 0.268 e. The Labute approximate surface area is 119 Å². The van der Waals surface area contributed by atoms with E-state index in [0.717, 1.165) is 4.47 Å². The monoisotopic (exact) mass is 338 g/mol. The molecule has 0 spiro atoms. The minimum absolute atomic E-state index is 0.0278. The van der Waals surface area contributed by atoms with Crippen LogP contribution in [0.3, 0.4) is 0 Å². The molecule has 0 unspecified atom stereocenters. The van der Waals surface area contributed by atoms with Crippen LogP contribution in [0.4, 0.5) is 0 Å². The van der Waals surface area contributed by atoms with Crippen molar-refractivity contribution in [2.24, 2.45) is 0 Å². The Kier molecular flexibility index (Phi) is 4.01. The molecular formula is C13H9BrNO3S. The molecule has 0 aromatic heterocycles. The topological polar surface area (TPSA) is 63.2 Å². The second-order valence-corrected chi connectivity index (χ2v) is 6.26. The van der Waals surface area contributed by atoms with Crippen LogP contribution in [0.2, 0.25) is 0 Å². The van der Waals surface area contributed by atoms with Crippen molar-refractivity contribution in [2.75, 3.05) is 0 Å². The zero-order chi connectivity index (χ0) is 13.9. The van der Waals surface area contributed by atoms with Gasteiger partial charge in [0.25, 0.3) is 15.9 Å². The molecule has 2 aromatic carbocycles. The quantitative estimate of drug-likeness (QED) is 0.934. The molecule has 2 aromatic rings. The maximum absolute atomic E-state index is 12.0. The lowest BCUT2D eigenvalue weighted by Crippen LogP contribution is -2.30. The van der Waals surface area contributed by atoms with E-state index in [0.29, 0.717) is 0 Å². The van der Waals surface area contributed by atoms with Crippen LogP contribution in [0.1, 0.15) is 10.4 Å². The second kappa shape index (κ2) is 5.54. The Balaban J connectivity index is 2.23. The van der Waals surface area contributed by atoms with Crippen molar-refractivity contribution in [3.05, 3.63) is 64.6 Å². The number of carbonyl (C=O) groups excluding carboxylic acids is 1. The summed E-state index contributed by atoms with van der Waals surface area (Å²) in [6.07, 6.45) is 0. The summed E-state index contributed by atoms with van der Waals surface area (Å²) in [5.74, 6) is -0.705. The van der Waals surface area contributed by atoms with E-state index in [4.69, 9.17) is 0 Å². The summed E-state index contributed by atoms with van der Waals surface area (Å²) >= 11 is 3.21. The number of nitrogens with one attached hydrogen (secondary N) is 1. The van der Waals surface area contributed by atoms with Gasteiger partial charge in [0.2, 0.25) is 0 Å². The molecule has 0 saturated carbocycles. The van der Waals surface area contributed by atoms with Crippen LogP contribution >= 0.6 is 15.9 Å². The van der Waals surface area contributed by atoms with Crippen LogP contribution in [0.5, 0.6) is 0 Å². The standard InChI is InChI=1S/C13H9BrNO3S/c14-11-6-8-12(9-7-11)19(17,18)15-13(16)10-4-2-1-3-5-10/h1-4,6-9H,(H,15,16). The average molecular weight is 339 g/mol. The van der Waals surface area contributed by atoms with Gasteiger partial charge in [-0.25, -0.2) is 13.1 Å². The SMILES string of the molecule is O=C(NS(=O)(=O)c1ccc(Br)cc1)c1[c]cccc1. The first-order valence-electron chi connectivity index (χ1n) is 5.28. The van der Waals surface area contributed by atoms with Crippen molar-refractivity contribution in [1.29, 1.82) is 0 Å². The Bertz CT molecular complexity index is 682. The summed E-state index contributed by atoms with van der Waals surface area (Å²) in [6, 6.07) is 15.0. The number of rotatable bonds is 3. The van der Waals surface area contributed by atoms with E-state index >= 15 is 0 Å². The van der Waals surface area contributed by atoms with E-state index in [2.05, 4.69) is 22.0 Å². The lowest BCUT2D eigenvalue weighted by Gasteiger charge is -2.06. The van der Waals surface area contributed by atoms with E-state index in [1.807, 2.05) is 4.72 Å². The summed E-state index contributed by atoms with van der Waals surface area (Å²) < 4.78 is 26.7. The van der Waals surface area contributed by atoms with Crippen LogP contribution in [-0.2, 0) is 10.0 Å². The number of sulfonamides is 1. The fourth-order valence-electron chi connectivity index (χ4n) is 1.38. The zero-order valence-corrected chi connectivity index (χ0v) is 12.0. The predicted octanol–water partition coefficient (Wildman–Crippen LogP) is 2.37. The number of halogens is 1. The van der Waals surface area contributed by atoms with E-state index in [-0.39, 0.29) is 10.5 Å². The van der Waals surface area contributed by atoms with Gasteiger partial charge in [0.05, 0.1) is 4.90 Å². The average Bonchev–Trinajstić information content (AvgIpc) is 2.40. The fourth-order valence-corrected chi connectivity index (χ4v) is 2.61. The smallest absolute Gasteiger partial charge is 0.265 e. The minimum atomic E-state index is -3.86. The highest BCUT2D eigenvalue weighted by Crippen LogP contribution is 2.14. The van der Waals surface area contributed by atoms with Crippen LogP contribution in [0.15, 0.2) is 57.9 Å². The van der Waals surface area contributed by atoms with Crippen molar-refractivity contribution in [2.45, 2.75) is 4.90 Å². The molecule has 0 aliphatic rings. The van der Waals surface area contributed by atoms with Gasteiger partial charge in [0.1, 0.15) is 0 Å². The normalized spacial score (nSPS) is 11.0. The van der Waals surface area contributed by atoms with Crippen molar-refractivity contribution in [3.63, 3.8) is 0 Å². The molecule has 0 fully saturated rings. The number of carbonyl (C=O) groups is 1. The molecule has 0 saturated heterocycles. The number of amides is 1. The first kappa shape index (κ1) is 13.8. The van der Waals surface area contributed by atoms with Crippen LogP contribution in [0, 0.1) is 6.07 Å². The first-order valence-corrected chi connectivity index (χ1v) is 7.56. The summed E-state index contributed by atoms with van der Waals surface area (Å²) in [6.45, 7) is 0. The van der Waals surface area contributed by atoms with Gasteiger partial charge in [-0.2, -0.15) is 0 Å². The van der Waals surface area contributed by atoms with Gasteiger partial charge in [0, 0.05) is 10.0 Å². The molecule has 19 heavy (non-hydrogen) atoms. The molecule has 1 radical (unpaired) electrons. The molecule has 4 nitrogen and oxygen atoms in total. The molecule has 97 valence electrons. The molecule has 0 aliphatic heterocycles. The Hall–Kier alpha value is -1.66. The Morgan fingerprint density at radius 2 is 1.79 bits per heavy atom. The highest BCUT2D eigenvalue weighted by Gasteiger charge is 2.18. The third-order valence-electron chi connectivity index (χ3n) is 2.30. The van der Waals surface area contributed by atoms with Crippen LogP contribution in [0.25, 0.3) is 0 Å². The molecule has 0 heterocycles. The van der Waals surface area contributed by atoms with Gasteiger partial charge < -0.3 is 0 Å². The predicted molar refractivity (Wildman–Crippen MR) is 74.1 cm³/mol. The Morgan fingerprint density at radius 3 is 2.37 bits per heavy atom. The van der Waals surface area contributed by atoms with E-state index in [1.54, 1.807) is 30.3 Å². The number of benzene rings is 2. The van der Waals surface area contributed by atoms with Crippen molar-refractivity contribution in [1.82, 2.24) is 4.72 Å². The molecular weight excluding hydrogens is 330 g/mol. The lowest BCUT2D eigenvalue weighted by atomic mass is 10.2. The van der Waals surface area contributed by atoms with Gasteiger partial charge >= 0.3 is 0 Å². The molecule has 1 amide bonds. The lowest BCUT2D eigenvalue weighted by molar-refractivity contribution is 0.0981. The molecule has 2 rings (SSSR count). The van der Waals surface area contributed by atoms with Gasteiger partial charge in [-0.3, -0.25) is 4.79 Å². The summed E-state index contributed by atoms with van der Waals surface area (Å²) in [4.78, 5) is 11.8. The fraction of sp³-hybridized carbons (Fsp3) is 0. The summed E-state index contributed by atoms with van der Waals surface area (Å²) in [7, 11) is -3.86. The summed E-state index contributed by atoms with van der Waals surface area (Å²) in [5, 5.41) is 0. The van der Waals surface area contributed by atoms with Crippen LogP contribution in [-0.4, -0.2) is 14.3 Å². The van der Waals surface area contributed by atoms with E-state index in [1.165, 1.54) is 18.2 Å². The molecule has 0 bridgehead atoms.